The van der Waals surface area contributed by atoms with Crippen LogP contribution in [0.4, 0.5) is 5.69 Å². The lowest BCUT2D eigenvalue weighted by Gasteiger charge is -2.20. The standard InChI is InChI=1S/C13H15N3O2S/c1-2-7-16(12-4-5-12)19(17,18)13-6-3-11(15)8-10(13)9-14/h2-3,6,8,12H,1,4-5,7,15H2. The average molecular weight is 277 g/mol. The highest BCUT2D eigenvalue weighted by atomic mass is 32.2. The van der Waals surface area contributed by atoms with Gasteiger partial charge in [0.05, 0.1) is 5.56 Å². The molecule has 100 valence electrons. The molecule has 1 aliphatic rings. The lowest BCUT2D eigenvalue weighted by atomic mass is 10.2. The fraction of sp³-hybridized carbons (Fsp3) is 0.308. The predicted octanol–water partition coefficient (Wildman–Crippen LogP) is 1.48. The number of nitriles is 1. The first kappa shape index (κ1) is 13.6. The summed E-state index contributed by atoms with van der Waals surface area (Å²) < 4.78 is 26.6. The monoisotopic (exact) mass is 277 g/mol. The summed E-state index contributed by atoms with van der Waals surface area (Å²) in [6.07, 6.45) is 3.26. The van der Waals surface area contributed by atoms with Gasteiger partial charge in [-0.2, -0.15) is 9.57 Å². The van der Waals surface area contributed by atoms with Gasteiger partial charge in [0.1, 0.15) is 11.0 Å². The second kappa shape index (κ2) is 5.03. The van der Waals surface area contributed by atoms with Crippen molar-refractivity contribution in [1.29, 1.82) is 5.26 Å². The van der Waals surface area contributed by atoms with E-state index in [-0.39, 0.29) is 23.0 Å². The molecule has 1 aliphatic carbocycles. The van der Waals surface area contributed by atoms with E-state index in [9.17, 15) is 8.42 Å². The lowest BCUT2D eigenvalue weighted by molar-refractivity contribution is 0.436. The van der Waals surface area contributed by atoms with E-state index in [4.69, 9.17) is 11.0 Å². The Bertz CT molecular complexity index is 642. The van der Waals surface area contributed by atoms with Crippen LogP contribution in [0.25, 0.3) is 0 Å². The molecule has 0 heterocycles. The molecule has 1 saturated carbocycles. The summed E-state index contributed by atoms with van der Waals surface area (Å²) in [6.45, 7) is 3.84. The number of sulfonamides is 1. The fourth-order valence-electron chi connectivity index (χ4n) is 1.92. The number of anilines is 1. The minimum Gasteiger partial charge on any atom is -0.399 e. The molecule has 2 rings (SSSR count). The van der Waals surface area contributed by atoms with Crippen LogP contribution in [0, 0.1) is 11.3 Å². The van der Waals surface area contributed by atoms with Crippen LogP contribution in [0.15, 0.2) is 35.7 Å². The van der Waals surface area contributed by atoms with Gasteiger partial charge in [-0.15, -0.1) is 6.58 Å². The first-order valence-electron chi connectivity index (χ1n) is 5.93. The minimum absolute atomic E-state index is 0.0120. The van der Waals surface area contributed by atoms with Crippen molar-refractivity contribution in [3.8, 4) is 6.07 Å². The molecule has 1 aromatic carbocycles. The summed E-state index contributed by atoms with van der Waals surface area (Å²) in [5.41, 5.74) is 6.03. The van der Waals surface area contributed by atoms with Crippen molar-refractivity contribution in [2.24, 2.45) is 0 Å². The van der Waals surface area contributed by atoms with Crippen LogP contribution >= 0.6 is 0 Å². The van der Waals surface area contributed by atoms with Gasteiger partial charge in [-0.25, -0.2) is 8.42 Å². The second-order valence-corrected chi connectivity index (χ2v) is 6.32. The average Bonchev–Trinajstić information content (AvgIpc) is 3.19. The van der Waals surface area contributed by atoms with E-state index in [1.165, 1.54) is 22.5 Å². The van der Waals surface area contributed by atoms with Crippen LogP contribution in [0.1, 0.15) is 18.4 Å². The Hall–Kier alpha value is -1.84. The summed E-state index contributed by atoms with van der Waals surface area (Å²) in [7, 11) is -3.68. The van der Waals surface area contributed by atoms with E-state index in [0.717, 1.165) is 12.8 Å². The summed E-state index contributed by atoms with van der Waals surface area (Å²) in [6, 6.07) is 6.17. The highest BCUT2D eigenvalue weighted by Gasteiger charge is 2.38. The summed E-state index contributed by atoms with van der Waals surface area (Å²) in [4.78, 5) is 0.0120. The second-order valence-electron chi connectivity index (χ2n) is 4.46. The molecule has 2 N–H and O–H groups in total. The van der Waals surface area contributed by atoms with Gasteiger partial charge in [0.15, 0.2) is 0 Å². The van der Waals surface area contributed by atoms with E-state index in [1.807, 2.05) is 6.07 Å². The molecule has 0 bridgehead atoms. The molecule has 6 heteroatoms. The zero-order valence-corrected chi connectivity index (χ0v) is 11.2. The van der Waals surface area contributed by atoms with Crippen molar-refractivity contribution in [3.63, 3.8) is 0 Å². The summed E-state index contributed by atoms with van der Waals surface area (Å²) in [5, 5.41) is 9.06. The van der Waals surface area contributed by atoms with Gasteiger partial charge in [0, 0.05) is 18.3 Å². The highest BCUT2D eigenvalue weighted by molar-refractivity contribution is 7.89. The maximum absolute atomic E-state index is 12.6. The van der Waals surface area contributed by atoms with Crippen molar-refractivity contribution in [1.82, 2.24) is 4.31 Å². The molecule has 0 unspecified atom stereocenters. The normalized spacial score (nSPS) is 15.2. The number of nitrogens with two attached hydrogens (primary N) is 1. The number of hydrogen-bond donors (Lipinski definition) is 1. The van der Waals surface area contributed by atoms with Crippen molar-refractivity contribution >= 4 is 15.7 Å². The Kier molecular flexibility index (Phi) is 3.60. The maximum atomic E-state index is 12.6. The molecule has 0 radical (unpaired) electrons. The van der Waals surface area contributed by atoms with Crippen LogP contribution in [-0.2, 0) is 10.0 Å². The van der Waals surface area contributed by atoms with Crippen molar-refractivity contribution in [3.05, 3.63) is 36.4 Å². The van der Waals surface area contributed by atoms with Crippen LogP contribution in [0.2, 0.25) is 0 Å². The van der Waals surface area contributed by atoms with Gasteiger partial charge in [-0.05, 0) is 31.0 Å². The van der Waals surface area contributed by atoms with Crippen LogP contribution in [0.5, 0.6) is 0 Å². The third kappa shape index (κ3) is 2.62. The Balaban J connectivity index is 2.49. The van der Waals surface area contributed by atoms with E-state index in [0.29, 0.717) is 5.69 Å². The number of benzene rings is 1. The number of nitrogens with zero attached hydrogens (tertiary/aromatic N) is 2. The number of hydrogen-bond acceptors (Lipinski definition) is 4. The first-order valence-corrected chi connectivity index (χ1v) is 7.37. The number of nitrogen functional groups attached to an aromatic ring is 1. The van der Waals surface area contributed by atoms with Gasteiger partial charge >= 0.3 is 0 Å². The molecular formula is C13H15N3O2S. The molecule has 5 nitrogen and oxygen atoms in total. The molecule has 1 fully saturated rings. The topological polar surface area (TPSA) is 87.2 Å². The molecule has 1 aromatic rings. The third-order valence-electron chi connectivity index (χ3n) is 2.97. The van der Waals surface area contributed by atoms with E-state index in [1.54, 1.807) is 6.08 Å². The summed E-state index contributed by atoms with van der Waals surface area (Å²) >= 11 is 0. The molecule has 0 atom stereocenters. The summed E-state index contributed by atoms with van der Waals surface area (Å²) in [5.74, 6) is 0. The predicted molar refractivity (Wildman–Crippen MR) is 72.7 cm³/mol. The highest BCUT2D eigenvalue weighted by Crippen LogP contribution is 2.33. The first-order chi connectivity index (χ1) is 9.00. The fourth-order valence-corrected chi connectivity index (χ4v) is 3.70. The quantitative estimate of drug-likeness (QED) is 0.652. The van der Waals surface area contributed by atoms with Crippen LogP contribution in [-0.4, -0.2) is 25.3 Å². The van der Waals surface area contributed by atoms with Gasteiger partial charge < -0.3 is 5.73 Å². The van der Waals surface area contributed by atoms with Gasteiger partial charge in [-0.3, -0.25) is 0 Å². The van der Waals surface area contributed by atoms with Gasteiger partial charge in [0.25, 0.3) is 0 Å². The Morgan fingerprint density at radius 1 is 1.53 bits per heavy atom. The van der Waals surface area contributed by atoms with Crippen molar-refractivity contribution in [2.45, 2.75) is 23.8 Å². The van der Waals surface area contributed by atoms with Gasteiger partial charge in [0.2, 0.25) is 10.0 Å². The molecule has 19 heavy (non-hydrogen) atoms. The minimum atomic E-state index is -3.68. The van der Waals surface area contributed by atoms with E-state index in [2.05, 4.69) is 6.58 Å². The molecule has 0 spiro atoms. The zero-order chi connectivity index (χ0) is 14.0. The smallest absolute Gasteiger partial charge is 0.244 e. The molecule has 0 aliphatic heterocycles. The molecular weight excluding hydrogens is 262 g/mol. The Morgan fingerprint density at radius 3 is 2.74 bits per heavy atom. The third-order valence-corrected chi connectivity index (χ3v) is 4.95. The van der Waals surface area contributed by atoms with Crippen LogP contribution < -0.4 is 5.73 Å². The Labute approximate surface area is 113 Å². The van der Waals surface area contributed by atoms with Crippen LogP contribution in [0.3, 0.4) is 0 Å². The molecule has 0 aromatic heterocycles. The molecule has 0 saturated heterocycles. The van der Waals surface area contributed by atoms with E-state index < -0.39 is 10.0 Å². The van der Waals surface area contributed by atoms with Gasteiger partial charge in [-0.1, -0.05) is 6.08 Å². The lowest BCUT2D eigenvalue weighted by Crippen LogP contribution is -2.33. The SMILES string of the molecule is C=CCN(C1CC1)S(=O)(=O)c1ccc(N)cc1C#N. The van der Waals surface area contributed by atoms with E-state index >= 15 is 0 Å². The Morgan fingerprint density at radius 2 is 2.21 bits per heavy atom. The molecule has 0 amide bonds. The van der Waals surface area contributed by atoms with Crippen molar-refractivity contribution in [2.75, 3.05) is 12.3 Å². The maximum Gasteiger partial charge on any atom is 0.244 e. The van der Waals surface area contributed by atoms with Crippen molar-refractivity contribution < 1.29 is 8.42 Å². The number of rotatable bonds is 5. The zero-order valence-electron chi connectivity index (χ0n) is 10.4. The largest absolute Gasteiger partial charge is 0.399 e.